The number of fused-ring (bicyclic) bond motifs is 1. The average Bonchev–Trinajstić information content (AvgIpc) is 3.41. The van der Waals surface area contributed by atoms with Crippen molar-refractivity contribution < 1.29 is 18.7 Å². The molecule has 2 heterocycles. The van der Waals surface area contributed by atoms with Gasteiger partial charge in [-0.1, -0.05) is 24.3 Å². The fourth-order valence-corrected chi connectivity index (χ4v) is 4.61. The Morgan fingerprint density at radius 1 is 1.14 bits per heavy atom. The third kappa shape index (κ3) is 4.43. The molecule has 1 amide bonds. The standard InChI is InChI=1S/C28H26FN3O4/c1-35-19-11-8-17(9-12-19)27(33)31-18-10-13-21-23(15-18)28(34)32(16-20-5-4-14-36-20)26(30)25(21)22-6-2-3-7-24(22)29/h2-3,6-13,15,20H,4-5,14,16,30H2,1H3,(H,31,33). The van der Waals surface area contributed by atoms with Crippen molar-refractivity contribution in [1.29, 1.82) is 0 Å². The summed E-state index contributed by atoms with van der Waals surface area (Å²) in [7, 11) is 1.55. The molecule has 1 aromatic heterocycles. The number of aromatic nitrogens is 1. The molecule has 0 spiro atoms. The van der Waals surface area contributed by atoms with E-state index in [1.54, 1.807) is 67.8 Å². The molecular formula is C28H26FN3O4. The molecule has 1 aliphatic rings. The smallest absolute Gasteiger partial charge is 0.260 e. The van der Waals surface area contributed by atoms with Crippen LogP contribution in [0.1, 0.15) is 23.2 Å². The highest BCUT2D eigenvalue weighted by molar-refractivity contribution is 6.07. The van der Waals surface area contributed by atoms with Gasteiger partial charge in [-0.05, 0) is 60.7 Å². The molecule has 36 heavy (non-hydrogen) atoms. The summed E-state index contributed by atoms with van der Waals surface area (Å²) in [5.74, 6) is 0.0524. The molecule has 1 atom stereocenters. The third-order valence-electron chi connectivity index (χ3n) is 6.47. The van der Waals surface area contributed by atoms with Crippen LogP contribution in [0.25, 0.3) is 21.9 Å². The molecule has 184 valence electrons. The highest BCUT2D eigenvalue weighted by atomic mass is 19.1. The maximum absolute atomic E-state index is 14.9. The summed E-state index contributed by atoms with van der Waals surface area (Å²) in [4.78, 5) is 26.4. The minimum absolute atomic E-state index is 0.145. The number of carbonyl (C=O) groups is 1. The minimum atomic E-state index is -0.440. The number of anilines is 2. The molecule has 4 aromatic rings. The van der Waals surface area contributed by atoms with Gasteiger partial charge in [-0.15, -0.1) is 0 Å². The molecule has 5 rings (SSSR count). The molecule has 3 aromatic carbocycles. The van der Waals surface area contributed by atoms with Gasteiger partial charge < -0.3 is 20.5 Å². The number of rotatable bonds is 6. The molecule has 7 nitrogen and oxygen atoms in total. The summed E-state index contributed by atoms with van der Waals surface area (Å²) in [5.41, 5.74) is 7.81. The lowest BCUT2D eigenvalue weighted by Gasteiger charge is -2.20. The number of ether oxygens (including phenoxy) is 2. The van der Waals surface area contributed by atoms with E-state index in [2.05, 4.69) is 5.32 Å². The van der Waals surface area contributed by atoms with Crippen LogP contribution in [0, 0.1) is 5.82 Å². The van der Waals surface area contributed by atoms with Crippen molar-refractivity contribution in [3.63, 3.8) is 0 Å². The van der Waals surface area contributed by atoms with Crippen molar-refractivity contribution in [2.24, 2.45) is 0 Å². The first-order valence-electron chi connectivity index (χ1n) is 11.7. The Labute approximate surface area is 207 Å². The van der Waals surface area contributed by atoms with Crippen molar-refractivity contribution in [3.05, 3.63) is 88.5 Å². The topological polar surface area (TPSA) is 95.6 Å². The number of amides is 1. The van der Waals surface area contributed by atoms with E-state index in [1.165, 1.54) is 10.6 Å². The van der Waals surface area contributed by atoms with E-state index in [9.17, 15) is 14.0 Å². The van der Waals surface area contributed by atoms with Gasteiger partial charge in [-0.3, -0.25) is 14.2 Å². The number of nitrogen functional groups attached to an aromatic ring is 1. The second kappa shape index (κ2) is 9.83. The van der Waals surface area contributed by atoms with Crippen molar-refractivity contribution in [2.75, 3.05) is 24.8 Å². The van der Waals surface area contributed by atoms with Gasteiger partial charge in [-0.25, -0.2) is 4.39 Å². The lowest BCUT2D eigenvalue weighted by Crippen LogP contribution is -2.29. The van der Waals surface area contributed by atoms with Crippen LogP contribution in [0.15, 0.2) is 71.5 Å². The number of hydrogen-bond donors (Lipinski definition) is 2. The fourth-order valence-electron chi connectivity index (χ4n) is 4.61. The number of hydrogen-bond acceptors (Lipinski definition) is 5. The average molecular weight is 488 g/mol. The molecule has 1 aliphatic heterocycles. The van der Waals surface area contributed by atoms with Crippen molar-refractivity contribution in [2.45, 2.75) is 25.5 Å². The molecule has 0 radical (unpaired) electrons. The first-order chi connectivity index (χ1) is 17.5. The molecular weight excluding hydrogens is 461 g/mol. The van der Waals surface area contributed by atoms with Gasteiger partial charge in [0.25, 0.3) is 11.5 Å². The molecule has 3 N–H and O–H groups in total. The minimum Gasteiger partial charge on any atom is -0.497 e. The Bertz CT molecular complexity index is 1490. The molecule has 1 saturated heterocycles. The summed E-state index contributed by atoms with van der Waals surface area (Å²) in [6.45, 7) is 0.902. The number of benzene rings is 3. The summed E-state index contributed by atoms with van der Waals surface area (Å²) < 4.78 is 27.2. The molecule has 8 heteroatoms. The number of nitrogens with zero attached hydrogens (tertiary/aromatic N) is 1. The van der Waals surface area contributed by atoms with Gasteiger partial charge in [0.1, 0.15) is 17.4 Å². The number of pyridine rings is 1. The van der Waals surface area contributed by atoms with Crippen LogP contribution in [-0.4, -0.2) is 30.3 Å². The van der Waals surface area contributed by atoms with E-state index < -0.39 is 5.82 Å². The number of nitrogens with one attached hydrogen (secondary N) is 1. The first kappa shape index (κ1) is 23.6. The highest BCUT2D eigenvalue weighted by Crippen LogP contribution is 2.35. The van der Waals surface area contributed by atoms with Crippen LogP contribution in [0.4, 0.5) is 15.9 Å². The van der Waals surface area contributed by atoms with Crippen molar-refractivity contribution >= 4 is 28.2 Å². The molecule has 1 fully saturated rings. The van der Waals surface area contributed by atoms with E-state index in [0.717, 1.165) is 12.8 Å². The van der Waals surface area contributed by atoms with Crippen LogP contribution in [-0.2, 0) is 11.3 Å². The van der Waals surface area contributed by atoms with Crippen LogP contribution >= 0.6 is 0 Å². The Morgan fingerprint density at radius 2 is 1.92 bits per heavy atom. The largest absolute Gasteiger partial charge is 0.497 e. The van der Waals surface area contributed by atoms with Crippen LogP contribution in [0.3, 0.4) is 0 Å². The predicted molar refractivity (Wildman–Crippen MR) is 138 cm³/mol. The number of carbonyl (C=O) groups excluding carboxylic acids is 1. The van der Waals surface area contributed by atoms with E-state index in [0.29, 0.717) is 45.5 Å². The monoisotopic (exact) mass is 487 g/mol. The van der Waals surface area contributed by atoms with Gasteiger partial charge in [0.15, 0.2) is 0 Å². The molecule has 0 aliphatic carbocycles. The lowest BCUT2D eigenvalue weighted by atomic mass is 9.98. The van der Waals surface area contributed by atoms with Gasteiger partial charge in [0, 0.05) is 34.4 Å². The van der Waals surface area contributed by atoms with Gasteiger partial charge in [0.2, 0.25) is 0 Å². The van der Waals surface area contributed by atoms with E-state index >= 15 is 0 Å². The number of nitrogens with two attached hydrogens (primary N) is 1. The predicted octanol–water partition coefficient (Wildman–Crippen LogP) is 4.83. The van der Waals surface area contributed by atoms with E-state index in [1.807, 2.05) is 0 Å². The van der Waals surface area contributed by atoms with Crippen LogP contribution in [0.5, 0.6) is 5.75 Å². The maximum atomic E-state index is 14.9. The van der Waals surface area contributed by atoms with E-state index in [4.69, 9.17) is 15.2 Å². The SMILES string of the molecule is COc1ccc(C(=O)Nc2ccc3c(-c4ccccc4F)c(N)n(CC4CCCO4)c(=O)c3c2)cc1. The van der Waals surface area contributed by atoms with E-state index in [-0.39, 0.29) is 29.9 Å². The molecule has 1 unspecified atom stereocenters. The summed E-state index contributed by atoms with van der Waals surface area (Å²) in [5, 5.41) is 3.67. The number of halogens is 1. The third-order valence-corrected chi connectivity index (χ3v) is 6.47. The Morgan fingerprint density at radius 3 is 2.61 bits per heavy atom. The molecule has 0 bridgehead atoms. The van der Waals surface area contributed by atoms with Gasteiger partial charge >= 0.3 is 0 Å². The zero-order valence-electron chi connectivity index (χ0n) is 19.8. The maximum Gasteiger partial charge on any atom is 0.260 e. The summed E-state index contributed by atoms with van der Waals surface area (Å²) in [6, 6.07) is 18.0. The van der Waals surface area contributed by atoms with Gasteiger partial charge in [-0.2, -0.15) is 0 Å². The highest BCUT2D eigenvalue weighted by Gasteiger charge is 2.23. The van der Waals surface area contributed by atoms with Crippen LogP contribution < -0.4 is 21.3 Å². The zero-order chi connectivity index (χ0) is 25.2. The quantitative estimate of drug-likeness (QED) is 0.406. The van der Waals surface area contributed by atoms with Gasteiger partial charge in [0.05, 0.1) is 19.8 Å². The summed E-state index contributed by atoms with van der Waals surface area (Å²) in [6.07, 6.45) is 1.58. The second-order valence-corrected chi connectivity index (χ2v) is 8.73. The summed E-state index contributed by atoms with van der Waals surface area (Å²) >= 11 is 0. The lowest BCUT2D eigenvalue weighted by molar-refractivity contribution is 0.0968. The fraction of sp³-hybridized carbons (Fsp3) is 0.214. The number of methoxy groups -OCH3 is 1. The first-order valence-corrected chi connectivity index (χ1v) is 11.7. The zero-order valence-corrected chi connectivity index (χ0v) is 19.8. The Hall–Kier alpha value is -4.17. The van der Waals surface area contributed by atoms with Crippen molar-refractivity contribution in [1.82, 2.24) is 4.57 Å². The Balaban J connectivity index is 1.61. The second-order valence-electron chi connectivity index (χ2n) is 8.73. The normalized spacial score (nSPS) is 15.2. The van der Waals surface area contributed by atoms with Crippen molar-refractivity contribution in [3.8, 4) is 16.9 Å². The molecule has 0 saturated carbocycles. The Kier molecular flexibility index (Phi) is 6.43. The van der Waals surface area contributed by atoms with Crippen LogP contribution in [0.2, 0.25) is 0 Å².